The van der Waals surface area contributed by atoms with Gasteiger partial charge >= 0.3 is 0 Å². The maximum absolute atomic E-state index is 12.8. The number of thioether (sulfide) groups is 1. The fourth-order valence-corrected chi connectivity index (χ4v) is 4.44. The van der Waals surface area contributed by atoms with Crippen molar-refractivity contribution in [1.82, 2.24) is 14.8 Å². The second kappa shape index (κ2) is 11.8. The molecule has 1 aromatic heterocycles. The summed E-state index contributed by atoms with van der Waals surface area (Å²) in [5.41, 5.74) is 2.16. The molecule has 3 aromatic carbocycles. The molecule has 4 rings (SSSR count). The van der Waals surface area contributed by atoms with E-state index in [0.29, 0.717) is 39.8 Å². The highest BCUT2D eigenvalue weighted by Crippen LogP contribution is 2.32. The molecule has 0 radical (unpaired) electrons. The molecule has 0 aliphatic heterocycles. The lowest BCUT2D eigenvalue weighted by atomic mass is 10.2. The summed E-state index contributed by atoms with van der Waals surface area (Å²) < 4.78 is 18.1. The molecule has 0 aliphatic carbocycles. The SMILES string of the molecule is CCOc1ccc(-n2c(SCC(=O)Nc3cc(OC)ccc3OC)nnc2-c2cccc(Cl)c2)cc1. The van der Waals surface area contributed by atoms with Crippen LogP contribution in [0.5, 0.6) is 17.2 Å². The van der Waals surface area contributed by atoms with E-state index >= 15 is 0 Å². The van der Waals surface area contributed by atoms with Crippen LogP contribution in [0.3, 0.4) is 0 Å². The number of carbonyl (C=O) groups is 1. The molecule has 1 amide bonds. The molecule has 0 fully saturated rings. The summed E-state index contributed by atoms with van der Waals surface area (Å²) in [5, 5.41) is 12.8. The average Bonchev–Trinajstić information content (AvgIpc) is 3.32. The van der Waals surface area contributed by atoms with Gasteiger partial charge in [0.1, 0.15) is 17.2 Å². The molecule has 0 unspecified atom stereocenters. The highest BCUT2D eigenvalue weighted by molar-refractivity contribution is 7.99. The Balaban J connectivity index is 1.60. The molecule has 0 aliphatic rings. The van der Waals surface area contributed by atoms with Gasteiger partial charge in [0.2, 0.25) is 5.91 Å². The maximum atomic E-state index is 12.8. The van der Waals surface area contributed by atoms with Gasteiger partial charge in [-0.05, 0) is 55.5 Å². The molecule has 1 heterocycles. The Kier molecular flexibility index (Phi) is 8.35. The third kappa shape index (κ3) is 5.92. The van der Waals surface area contributed by atoms with E-state index in [2.05, 4.69) is 15.5 Å². The van der Waals surface area contributed by atoms with Gasteiger partial charge in [0.25, 0.3) is 0 Å². The minimum atomic E-state index is -0.225. The number of methoxy groups -OCH3 is 2. The molecular weight excluding hydrogens is 500 g/mol. The molecule has 0 saturated heterocycles. The summed E-state index contributed by atoms with van der Waals surface area (Å²) in [7, 11) is 3.11. The number of amides is 1. The van der Waals surface area contributed by atoms with Crippen molar-refractivity contribution in [2.45, 2.75) is 12.1 Å². The molecular formula is C26H25ClN4O4S. The number of ether oxygens (including phenoxy) is 3. The largest absolute Gasteiger partial charge is 0.497 e. The van der Waals surface area contributed by atoms with E-state index in [9.17, 15) is 4.79 Å². The third-order valence-corrected chi connectivity index (χ3v) is 6.30. The van der Waals surface area contributed by atoms with Gasteiger partial charge in [-0.2, -0.15) is 0 Å². The number of nitrogens with zero attached hydrogens (tertiary/aromatic N) is 3. The fourth-order valence-electron chi connectivity index (χ4n) is 3.50. The van der Waals surface area contributed by atoms with Crippen LogP contribution in [-0.4, -0.2) is 47.3 Å². The monoisotopic (exact) mass is 524 g/mol. The van der Waals surface area contributed by atoms with Gasteiger partial charge in [0.15, 0.2) is 11.0 Å². The second-order valence-electron chi connectivity index (χ2n) is 7.48. The van der Waals surface area contributed by atoms with Crippen molar-refractivity contribution < 1.29 is 19.0 Å². The standard InChI is InChI=1S/C26H25ClN4O4S/c1-4-35-20-10-8-19(9-11-20)31-25(17-6-5-7-18(27)14-17)29-30-26(31)36-16-24(32)28-22-15-21(33-2)12-13-23(22)34-3/h5-15H,4,16H2,1-3H3,(H,28,32). The Hall–Kier alpha value is -3.69. The summed E-state index contributed by atoms with van der Waals surface area (Å²) in [6.45, 7) is 2.51. The Morgan fingerprint density at radius 2 is 1.78 bits per heavy atom. The molecule has 1 N–H and O–H groups in total. The third-order valence-electron chi connectivity index (χ3n) is 5.14. The van der Waals surface area contributed by atoms with Gasteiger partial charge in [-0.25, -0.2) is 0 Å². The van der Waals surface area contributed by atoms with E-state index < -0.39 is 0 Å². The summed E-state index contributed by atoms with van der Waals surface area (Å²) in [5.74, 6) is 2.40. The van der Waals surface area contributed by atoms with E-state index in [-0.39, 0.29) is 11.7 Å². The lowest BCUT2D eigenvalue weighted by Gasteiger charge is -2.13. The first-order valence-electron chi connectivity index (χ1n) is 11.1. The summed E-state index contributed by atoms with van der Waals surface area (Å²) in [4.78, 5) is 12.8. The second-order valence-corrected chi connectivity index (χ2v) is 8.86. The van der Waals surface area contributed by atoms with Crippen LogP contribution in [0.1, 0.15) is 6.92 Å². The van der Waals surface area contributed by atoms with Crippen LogP contribution in [0.25, 0.3) is 17.1 Å². The lowest BCUT2D eigenvalue weighted by Crippen LogP contribution is -2.15. The zero-order valence-corrected chi connectivity index (χ0v) is 21.6. The summed E-state index contributed by atoms with van der Waals surface area (Å²) in [6, 6.07) is 20.2. The van der Waals surface area contributed by atoms with Crippen molar-refractivity contribution in [1.29, 1.82) is 0 Å². The number of nitrogens with one attached hydrogen (secondary N) is 1. The van der Waals surface area contributed by atoms with Crippen LogP contribution in [0.2, 0.25) is 5.02 Å². The molecule has 10 heteroatoms. The van der Waals surface area contributed by atoms with Crippen molar-refractivity contribution in [3.05, 3.63) is 71.8 Å². The molecule has 36 heavy (non-hydrogen) atoms. The fraction of sp³-hybridized carbons (Fsp3) is 0.192. The van der Waals surface area contributed by atoms with Gasteiger partial charge in [0, 0.05) is 22.3 Å². The Morgan fingerprint density at radius 3 is 2.47 bits per heavy atom. The van der Waals surface area contributed by atoms with Crippen LogP contribution in [0.4, 0.5) is 5.69 Å². The van der Waals surface area contributed by atoms with Gasteiger partial charge in [0.05, 0.1) is 32.3 Å². The zero-order valence-electron chi connectivity index (χ0n) is 20.0. The van der Waals surface area contributed by atoms with Gasteiger partial charge in [-0.1, -0.05) is 35.5 Å². The molecule has 0 saturated carbocycles. The van der Waals surface area contributed by atoms with Crippen molar-refractivity contribution >= 4 is 35.0 Å². The first-order valence-corrected chi connectivity index (χ1v) is 12.5. The predicted octanol–water partition coefficient (Wildman–Crippen LogP) is 5.73. The Morgan fingerprint density at radius 1 is 1.00 bits per heavy atom. The maximum Gasteiger partial charge on any atom is 0.234 e. The quantitative estimate of drug-likeness (QED) is 0.265. The first-order chi connectivity index (χ1) is 17.5. The van der Waals surface area contributed by atoms with Crippen molar-refractivity contribution in [2.24, 2.45) is 0 Å². The molecule has 186 valence electrons. The van der Waals surface area contributed by atoms with E-state index in [1.807, 2.05) is 54.0 Å². The number of halogens is 1. The highest BCUT2D eigenvalue weighted by Gasteiger charge is 2.18. The molecule has 0 bridgehead atoms. The Labute approximate surface area is 218 Å². The number of hydrogen-bond acceptors (Lipinski definition) is 7. The lowest BCUT2D eigenvalue weighted by molar-refractivity contribution is -0.113. The smallest absolute Gasteiger partial charge is 0.234 e. The van der Waals surface area contributed by atoms with Crippen LogP contribution >= 0.6 is 23.4 Å². The van der Waals surface area contributed by atoms with Gasteiger partial charge in [-0.15, -0.1) is 10.2 Å². The van der Waals surface area contributed by atoms with Crippen LogP contribution in [-0.2, 0) is 4.79 Å². The number of hydrogen-bond donors (Lipinski definition) is 1. The molecule has 4 aromatic rings. The molecule has 8 nitrogen and oxygen atoms in total. The Bertz CT molecular complexity index is 1340. The van der Waals surface area contributed by atoms with Crippen molar-refractivity contribution in [3.63, 3.8) is 0 Å². The topological polar surface area (TPSA) is 87.5 Å². The van der Waals surface area contributed by atoms with Crippen molar-refractivity contribution in [2.75, 3.05) is 31.9 Å². The van der Waals surface area contributed by atoms with E-state index in [0.717, 1.165) is 17.0 Å². The van der Waals surface area contributed by atoms with Crippen LogP contribution in [0, 0.1) is 0 Å². The van der Waals surface area contributed by atoms with Gasteiger partial charge < -0.3 is 19.5 Å². The van der Waals surface area contributed by atoms with Gasteiger partial charge in [-0.3, -0.25) is 9.36 Å². The average molecular weight is 525 g/mol. The van der Waals surface area contributed by atoms with Crippen LogP contribution < -0.4 is 19.5 Å². The first kappa shape index (κ1) is 25.4. The minimum absolute atomic E-state index is 0.102. The van der Waals surface area contributed by atoms with E-state index in [4.69, 9.17) is 25.8 Å². The highest BCUT2D eigenvalue weighted by atomic mass is 35.5. The van der Waals surface area contributed by atoms with Crippen molar-refractivity contribution in [3.8, 4) is 34.3 Å². The summed E-state index contributed by atoms with van der Waals surface area (Å²) >= 11 is 7.50. The van der Waals surface area contributed by atoms with Crippen LogP contribution in [0.15, 0.2) is 71.9 Å². The number of anilines is 1. The number of carbonyl (C=O) groups excluding carboxylic acids is 1. The minimum Gasteiger partial charge on any atom is -0.497 e. The number of rotatable bonds is 10. The normalized spacial score (nSPS) is 10.7. The molecule has 0 spiro atoms. The number of aromatic nitrogens is 3. The summed E-state index contributed by atoms with van der Waals surface area (Å²) in [6.07, 6.45) is 0. The zero-order chi connectivity index (χ0) is 25.5. The number of benzene rings is 3. The predicted molar refractivity (Wildman–Crippen MR) is 142 cm³/mol. The molecule has 0 atom stereocenters. The van der Waals surface area contributed by atoms with E-state index in [1.54, 1.807) is 38.5 Å². The van der Waals surface area contributed by atoms with E-state index in [1.165, 1.54) is 11.8 Å².